The van der Waals surface area contributed by atoms with Crippen molar-refractivity contribution in [3.05, 3.63) is 0 Å². The van der Waals surface area contributed by atoms with Crippen molar-refractivity contribution in [2.24, 2.45) is 0 Å². The van der Waals surface area contributed by atoms with Crippen molar-refractivity contribution in [1.29, 1.82) is 0 Å². The van der Waals surface area contributed by atoms with Crippen LogP contribution in [0.1, 0.15) is 40.5 Å². The van der Waals surface area contributed by atoms with Crippen LogP contribution in [0.15, 0.2) is 0 Å². The molecule has 0 radical (unpaired) electrons. The number of hydrogen-bond donors (Lipinski definition) is 2. The van der Waals surface area contributed by atoms with E-state index in [1.54, 1.807) is 0 Å². The molecule has 0 spiro atoms. The first-order valence-corrected chi connectivity index (χ1v) is 5.03. The van der Waals surface area contributed by atoms with E-state index in [4.69, 9.17) is 0 Å². The van der Waals surface area contributed by atoms with Crippen molar-refractivity contribution in [2.75, 3.05) is 7.05 Å². The van der Waals surface area contributed by atoms with Crippen LogP contribution in [0.3, 0.4) is 0 Å². The minimum atomic E-state index is 0.608. The first-order chi connectivity index (χ1) is 5.60. The largest absolute Gasteiger partial charge is 0.317 e. The summed E-state index contributed by atoms with van der Waals surface area (Å²) in [7, 11) is 2.01. The summed E-state index contributed by atoms with van der Waals surface area (Å²) in [6.07, 6.45) is 2.40. The summed E-state index contributed by atoms with van der Waals surface area (Å²) in [6, 6.07) is 1.86. The summed E-state index contributed by atoms with van der Waals surface area (Å²) in [4.78, 5) is 0. The molecule has 0 bridgehead atoms. The van der Waals surface area contributed by atoms with Gasteiger partial charge in [0, 0.05) is 18.1 Å². The van der Waals surface area contributed by atoms with Crippen LogP contribution in [0.2, 0.25) is 0 Å². The zero-order chi connectivity index (χ0) is 9.56. The van der Waals surface area contributed by atoms with Gasteiger partial charge in [0.2, 0.25) is 0 Å². The van der Waals surface area contributed by atoms with Gasteiger partial charge < -0.3 is 10.6 Å². The Labute approximate surface area is 77.1 Å². The van der Waals surface area contributed by atoms with Gasteiger partial charge in [-0.25, -0.2) is 0 Å². The second kappa shape index (κ2) is 6.44. The highest BCUT2D eigenvalue weighted by Gasteiger charge is 2.08. The lowest BCUT2D eigenvalue weighted by Gasteiger charge is -2.21. The van der Waals surface area contributed by atoms with E-state index in [2.05, 4.69) is 38.3 Å². The Morgan fingerprint density at radius 2 is 1.58 bits per heavy atom. The monoisotopic (exact) mass is 172 g/mol. The molecule has 0 fully saturated rings. The van der Waals surface area contributed by atoms with Crippen molar-refractivity contribution >= 4 is 0 Å². The molecule has 2 N–H and O–H groups in total. The second-order valence-electron chi connectivity index (χ2n) is 3.80. The van der Waals surface area contributed by atoms with Crippen LogP contribution >= 0.6 is 0 Å². The molecule has 0 rings (SSSR count). The molecule has 0 aliphatic carbocycles. The lowest BCUT2D eigenvalue weighted by molar-refractivity contribution is 0.400. The minimum Gasteiger partial charge on any atom is -0.317 e. The van der Waals surface area contributed by atoms with Gasteiger partial charge in [0.15, 0.2) is 0 Å². The molecule has 0 aromatic rings. The van der Waals surface area contributed by atoms with Crippen molar-refractivity contribution < 1.29 is 0 Å². The Kier molecular flexibility index (Phi) is 6.39. The zero-order valence-electron chi connectivity index (χ0n) is 9.15. The van der Waals surface area contributed by atoms with E-state index in [1.807, 2.05) is 7.05 Å². The van der Waals surface area contributed by atoms with Crippen LogP contribution in [0.25, 0.3) is 0 Å². The predicted octanol–water partition coefficient (Wildman–Crippen LogP) is 1.76. The van der Waals surface area contributed by atoms with Gasteiger partial charge in [-0.1, -0.05) is 6.92 Å². The van der Waals surface area contributed by atoms with Crippen LogP contribution in [0.4, 0.5) is 0 Å². The minimum absolute atomic E-state index is 0.608. The van der Waals surface area contributed by atoms with Crippen molar-refractivity contribution in [2.45, 2.75) is 58.7 Å². The Morgan fingerprint density at radius 3 is 2.00 bits per heavy atom. The smallest absolute Gasteiger partial charge is 0.00559 e. The summed E-state index contributed by atoms with van der Waals surface area (Å²) in [6.45, 7) is 8.92. The van der Waals surface area contributed by atoms with E-state index in [9.17, 15) is 0 Å². The van der Waals surface area contributed by atoms with Gasteiger partial charge in [0.05, 0.1) is 0 Å². The third-order valence-corrected chi connectivity index (χ3v) is 2.38. The maximum atomic E-state index is 3.55. The average Bonchev–Trinajstić information content (AvgIpc) is 2.03. The molecule has 74 valence electrons. The van der Waals surface area contributed by atoms with Gasteiger partial charge in [0.1, 0.15) is 0 Å². The Morgan fingerprint density at radius 1 is 1.00 bits per heavy atom. The fraction of sp³-hybridized carbons (Fsp3) is 1.00. The summed E-state index contributed by atoms with van der Waals surface area (Å²) in [5, 5.41) is 6.80. The Balaban J connectivity index is 3.51. The normalized spacial score (nSPS) is 18.8. The van der Waals surface area contributed by atoms with Gasteiger partial charge in [-0.05, 0) is 40.7 Å². The van der Waals surface area contributed by atoms with Crippen LogP contribution in [-0.4, -0.2) is 25.2 Å². The van der Waals surface area contributed by atoms with Crippen molar-refractivity contribution in [3.63, 3.8) is 0 Å². The summed E-state index contributed by atoms with van der Waals surface area (Å²) in [5.41, 5.74) is 0. The molecular weight excluding hydrogens is 148 g/mol. The molecule has 0 aliphatic rings. The van der Waals surface area contributed by atoms with E-state index >= 15 is 0 Å². The van der Waals surface area contributed by atoms with E-state index in [-0.39, 0.29) is 0 Å². The van der Waals surface area contributed by atoms with Gasteiger partial charge in [-0.15, -0.1) is 0 Å². The molecule has 0 saturated carbocycles. The quantitative estimate of drug-likeness (QED) is 0.638. The van der Waals surface area contributed by atoms with Gasteiger partial charge in [-0.3, -0.25) is 0 Å². The van der Waals surface area contributed by atoms with Crippen LogP contribution in [0, 0.1) is 0 Å². The Hall–Kier alpha value is -0.0800. The highest BCUT2D eigenvalue weighted by atomic mass is 15.0. The van der Waals surface area contributed by atoms with E-state index in [1.165, 1.54) is 12.8 Å². The molecule has 0 saturated heterocycles. The summed E-state index contributed by atoms with van der Waals surface area (Å²) >= 11 is 0. The number of rotatable bonds is 6. The lowest BCUT2D eigenvalue weighted by Crippen LogP contribution is -2.38. The standard InChI is InChI=1S/C10H24N2/c1-6-8(2)12-10(4)7-9(3)11-5/h8-12H,6-7H2,1-5H3. The van der Waals surface area contributed by atoms with Crippen molar-refractivity contribution in [3.8, 4) is 0 Å². The Bertz CT molecular complexity index is 92.0. The molecule has 3 unspecified atom stereocenters. The SMILES string of the molecule is CCC(C)NC(C)CC(C)NC. The highest BCUT2D eigenvalue weighted by molar-refractivity contribution is 4.71. The summed E-state index contributed by atoms with van der Waals surface area (Å²) < 4.78 is 0. The molecule has 2 heteroatoms. The first kappa shape index (κ1) is 11.9. The van der Waals surface area contributed by atoms with E-state index in [0.29, 0.717) is 18.1 Å². The van der Waals surface area contributed by atoms with Gasteiger partial charge >= 0.3 is 0 Å². The molecule has 0 aromatic carbocycles. The fourth-order valence-electron chi connectivity index (χ4n) is 1.32. The molecular formula is C10H24N2. The molecule has 0 aliphatic heterocycles. The number of hydrogen-bond acceptors (Lipinski definition) is 2. The maximum absolute atomic E-state index is 3.55. The molecule has 0 heterocycles. The lowest BCUT2D eigenvalue weighted by atomic mass is 10.1. The van der Waals surface area contributed by atoms with E-state index in [0.717, 1.165) is 0 Å². The van der Waals surface area contributed by atoms with Crippen LogP contribution in [-0.2, 0) is 0 Å². The third-order valence-electron chi connectivity index (χ3n) is 2.38. The predicted molar refractivity (Wildman–Crippen MR) is 55.5 cm³/mol. The first-order valence-electron chi connectivity index (χ1n) is 5.03. The van der Waals surface area contributed by atoms with E-state index < -0.39 is 0 Å². The molecule has 0 amide bonds. The van der Waals surface area contributed by atoms with Gasteiger partial charge in [-0.2, -0.15) is 0 Å². The molecule has 0 aromatic heterocycles. The molecule has 12 heavy (non-hydrogen) atoms. The number of nitrogens with one attached hydrogen (secondary N) is 2. The maximum Gasteiger partial charge on any atom is 0.00559 e. The zero-order valence-corrected chi connectivity index (χ0v) is 9.15. The van der Waals surface area contributed by atoms with Crippen molar-refractivity contribution in [1.82, 2.24) is 10.6 Å². The van der Waals surface area contributed by atoms with Gasteiger partial charge in [0.25, 0.3) is 0 Å². The van der Waals surface area contributed by atoms with Crippen LogP contribution in [0.5, 0.6) is 0 Å². The highest BCUT2D eigenvalue weighted by Crippen LogP contribution is 1.99. The third kappa shape index (κ3) is 5.56. The topological polar surface area (TPSA) is 24.1 Å². The fourth-order valence-corrected chi connectivity index (χ4v) is 1.32. The second-order valence-corrected chi connectivity index (χ2v) is 3.80. The summed E-state index contributed by atoms with van der Waals surface area (Å²) in [5.74, 6) is 0. The average molecular weight is 172 g/mol. The molecule has 2 nitrogen and oxygen atoms in total. The van der Waals surface area contributed by atoms with Crippen LogP contribution < -0.4 is 10.6 Å². The molecule has 3 atom stereocenters.